The van der Waals surface area contributed by atoms with Gasteiger partial charge in [-0.1, -0.05) is 18.2 Å². The molecule has 0 unspecified atom stereocenters. The van der Waals surface area contributed by atoms with Crippen LogP contribution in [-0.4, -0.2) is 12.0 Å². The molecular formula is C14H12N2O2. The minimum atomic E-state index is -0.423. The van der Waals surface area contributed by atoms with Gasteiger partial charge in [0.2, 0.25) is 0 Å². The Kier molecular flexibility index (Phi) is 2.41. The lowest BCUT2D eigenvalue weighted by Crippen LogP contribution is -1.92. The second-order valence-corrected chi connectivity index (χ2v) is 4.05. The van der Waals surface area contributed by atoms with E-state index in [9.17, 15) is 4.79 Å². The third kappa shape index (κ3) is 1.78. The Morgan fingerprint density at radius 1 is 1.06 bits per heavy atom. The zero-order valence-electron chi connectivity index (χ0n) is 9.86. The van der Waals surface area contributed by atoms with Crippen molar-refractivity contribution in [3.63, 3.8) is 0 Å². The van der Waals surface area contributed by atoms with Gasteiger partial charge < -0.3 is 9.73 Å². The highest BCUT2D eigenvalue weighted by atomic mass is 16.4. The number of oxazole rings is 1. The van der Waals surface area contributed by atoms with Crippen LogP contribution in [0.15, 0.2) is 51.7 Å². The van der Waals surface area contributed by atoms with Gasteiger partial charge in [0.15, 0.2) is 5.58 Å². The highest BCUT2D eigenvalue weighted by molar-refractivity contribution is 5.80. The summed E-state index contributed by atoms with van der Waals surface area (Å²) in [5.74, 6) is -0.423. The van der Waals surface area contributed by atoms with E-state index in [1.165, 1.54) is 0 Å². The molecule has 1 heterocycles. The van der Waals surface area contributed by atoms with E-state index in [2.05, 4.69) is 10.3 Å². The van der Waals surface area contributed by atoms with Crippen LogP contribution < -0.4 is 11.1 Å². The normalized spacial score (nSPS) is 10.7. The first kappa shape index (κ1) is 10.7. The Morgan fingerprint density at radius 3 is 2.50 bits per heavy atom. The van der Waals surface area contributed by atoms with Crippen LogP contribution >= 0.6 is 0 Å². The fourth-order valence-corrected chi connectivity index (χ4v) is 1.95. The third-order valence-electron chi connectivity index (χ3n) is 2.93. The SMILES string of the molecule is CNc1ccc(-c2ccc3[nH]c(=O)oc3c2)cc1. The average Bonchev–Trinajstić information content (AvgIpc) is 2.78. The lowest BCUT2D eigenvalue weighted by molar-refractivity contribution is 0.555. The van der Waals surface area contributed by atoms with E-state index in [1.54, 1.807) is 0 Å². The Hall–Kier alpha value is -2.49. The third-order valence-corrected chi connectivity index (χ3v) is 2.93. The molecule has 0 aliphatic heterocycles. The van der Waals surface area contributed by atoms with Crippen LogP contribution in [0.1, 0.15) is 0 Å². The van der Waals surface area contributed by atoms with Gasteiger partial charge in [-0.3, -0.25) is 4.98 Å². The molecule has 0 aliphatic carbocycles. The quantitative estimate of drug-likeness (QED) is 0.724. The summed E-state index contributed by atoms with van der Waals surface area (Å²) < 4.78 is 5.05. The Labute approximate surface area is 103 Å². The van der Waals surface area contributed by atoms with E-state index in [0.29, 0.717) is 5.58 Å². The van der Waals surface area contributed by atoms with Gasteiger partial charge in [-0.2, -0.15) is 0 Å². The highest BCUT2D eigenvalue weighted by Crippen LogP contribution is 2.24. The van der Waals surface area contributed by atoms with Crippen molar-refractivity contribution in [2.75, 3.05) is 12.4 Å². The van der Waals surface area contributed by atoms with Crippen molar-refractivity contribution in [2.24, 2.45) is 0 Å². The molecule has 3 aromatic rings. The summed E-state index contributed by atoms with van der Waals surface area (Å²) in [6, 6.07) is 13.7. The first-order chi connectivity index (χ1) is 8.76. The van der Waals surface area contributed by atoms with Gasteiger partial charge in [0.25, 0.3) is 0 Å². The predicted octanol–water partition coefficient (Wildman–Crippen LogP) is 2.83. The fraction of sp³-hybridized carbons (Fsp3) is 0.0714. The molecule has 0 bridgehead atoms. The van der Waals surface area contributed by atoms with Gasteiger partial charge in [-0.25, -0.2) is 4.79 Å². The fourth-order valence-electron chi connectivity index (χ4n) is 1.95. The summed E-state index contributed by atoms with van der Waals surface area (Å²) in [6.07, 6.45) is 0. The second kappa shape index (κ2) is 4.07. The summed E-state index contributed by atoms with van der Waals surface area (Å²) >= 11 is 0. The minimum absolute atomic E-state index is 0.423. The molecule has 0 spiro atoms. The van der Waals surface area contributed by atoms with Crippen molar-refractivity contribution in [3.05, 3.63) is 53.0 Å². The molecule has 2 N–H and O–H groups in total. The maximum absolute atomic E-state index is 11.1. The lowest BCUT2D eigenvalue weighted by atomic mass is 10.1. The molecule has 0 saturated carbocycles. The summed E-state index contributed by atoms with van der Waals surface area (Å²) in [5.41, 5.74) is 4.46. The molecule has 0 saturated heterocycles. The molecule has 2 aromatic carbocycles. The zero-order chi connectivity index (χ0) is 12.5. The van der Waals surface area contributed by atoms with Crippen molar-refractivity contribution in [3.8, 4) is 11.1 Å². The van der Waals surface area contributed by atoms with E-state index in [1.807, 2.05) is 49.5 Å². The zero-order valence-corrected chi connectivity index (χ0v) is 9.86. The Bertz CT molecular complexity index is 738. The monoisotopic (exact) mass is 240 g/mol. The van der Waals surface area contributed by atoms with Gasteiger partial charge in [0, 0.05) is 12.7 Å². The van der Waals surface area contributed by atoms with Crippen LogP contribution in [0.5, 0.6) is 0 Å². The maximum atomic E-state index is 11.1. The van der Waals surface area contributed by atoms with E-state index in [-0.39, 0.29) is 0 Å². The van der Waals surface area contributed by atoms with Gasteiger partial charge in [-0.15, -0.1) is 0 Å². The average molecular weight is 240 g/mol. The molecule has 0 atom stereocenters. The first-order valence-corrected chi connectivity index (χ1v) is 5.67. The van der Waals surface area contributed by atoms with Crippen LogP contribution in [0, 0.1) is 0 Å². The number of aromatic amines is 1. The van der Waals surface area contributed by atoms with Crippen molar-refractivity contribution in [1.29, 1.82) is 0 Å². The number of hydrogen-bond donors (Lipinski definition) is 2. The van der Waals surface area contributed by atoms with Crippen LogP contribution in [-0.2, 0) is 0 Å². The summed E-state index contributed by atoms with van der Waals surface area (Å²) in [7, 11) is 1.88. The van der Waals surface area contributed by atoms with Gasteiger partial charge >= 0.3 is 5.76 Å². The van der Waals surface area contributed by atoms with E-state index >= 15 is 0 Å². The number of benzene rings is 2. The molecule has 18 heavy (non-hydrogen) atoms. The molecule has 4 nitrogen and oxygen atoms in total. The van der Waals surface area contributed by atoms with Crippen LogP contribution in [0.25, 0.3) is 22.2 Å². The van der Waals surface area contributed by atoms with E-state index in [0.717, 1.165) is 22.3 Å². The van der Waals surface area contributed by atoms with E-state index < -0.39 is 5.76 Å². The van der Waals surface area contributed by atoms with Gasteiger partial charge in [-0.05, 0) is 35.4 Å². The largest absolute Gasteiger partial charge is 0.417 e. The molecule has 0 fully saturated rings. The van der Waals surface area contributed by atoms with E-state index in [4.69, 9.17) is 4.42 Å². The Morgan fingerprint density at radius 2 is 1.78 bits per heavy atom. The molecule has 0 amide bonds. The molecule has 0 radical (unpaired) electrons. The number of fused-ring (bicyclic) bond motifs is 1. The van der Waals surface area contributed by atoms with Crippen molar-refractivity contribution < 1.29 is 4.42 Å². The van der Waals surface area contributed by atoms with Crippen LogP contribution in [0.4, 0.5) is 5.69 Å². The number of hydrogen-bond acceptors (Lipinski definition) is 3. The molecule has 3 rings (SSSR count). The maximum Gasteiger partial charge on any atom is 0.417 e. The molecule has 90 valence electrons. The van der Waals surface area contributed by atoms with Crippen LogP contribution in [0.3, 0.4) is 0 Å². The van der Waals surface area contributed by atoms with Crippen molar-refractivity contribution in [1.82, 2.24) is 4.98 Å². The topological polar surface area (TPSA) is 58.0 Å². The van der Waals surface area contributed by atoms with Crippen molar-refractivity contribution in [2.45, 2.75) is 0 Å². The van der Waals surface area contributed by atoms with Crippen LogP contribution in [0.2, 0.25) is 0 Å². The predicted molar refractivity (Wildman–Crippen MR) is 71.8 cm³/mol. The molecule has 1 aromatic heterocycles. The summed E-state index contributed by atoms with van der Waals surface area (Å²) in [5, 5.41) is 3.07. The van der Waals surface area contributed by atoms with Crippen molar-refractivity contribution >= 4 is 16.8 Å². The Balaban J connectivity index is 2.09. The minimum Gasteiger partial charge on any atom is -0.408 e. The summed E-state index contributed by atoms with van der Waals surface area (Å²) in [6.45, 7) is 0. The smallest absolute Gasteiger partial charge is 0.408 e. The number of anilines is 1. The standard InChI is InChI=1S/C14H12N2O2/c1-15-11-5-2-9(3-6-11)10-4-7-12-13(8-10)18-14(17)16-12/h2-8,15H,1H3,(H,16,17). The molecule has 4 heteroatoms. The number of rotatable bonds is 2. The molecular weight excluding hydrogens is 228 g/mol. The molecule has 0 aliphatic rings. The number of H-pyrrole nitrogens is 1. The number of nitrogens with one attached hydrogen (secondary N) is 2. The van der Waals surface area contributed by atoms with Gasteiger partial charge in [0.05, 0.1) is 5.52 Å². The van der Waals surface area contributed by atoms with Gasteiger partial charge in [0.1, 0.15) is 0 Å². The second-order valence-electron chi connectivity index (χ2n) is 4.05. The summed E-state index contributed by atoms with van der Waals surface area (Å²) in [4.78, 5) is 13.7. The first-order valence-electron chi connectivity index (χ1n) is 5.67. The lowest BCUT2D eigenvalue weighted by Gasteiger charge is -2.03. The highest BCUT2D eigenvalue weighted by Gasteiger charge is 2.03. The number of aromatic nitrogens is 1.